The smallest absolute Gasteiger partial charge is 0.102 e. The predicted octanol–water partition coefficient (Wildman–Crippen LogP) is 5.41. The molecule has 0 fully saturated rings. The van der Waals surface area contributed by atoms with Gasteiger partial charge in [-0.05, 0) is 19.3 Å². The first-order valence-corrected chi connectivity index (χ1v) is 9.52. The van der Waals surface area contributed by atoms with Gasteiger partial charge < -0.3 is 9.22 Å². The van der Waals surface area contributed by atoms with E-state index in [1.54, 1.807) is 0 Å². The number of nitrogens with zero attached hydrogens (tertiary/aromatic N) is 1. The van der Waals surface area contributed by atoms with E-state index in [1.807, 2.05) is 0 Å². The van der Waals surface area contributed by atoms with Crippen LogP contribution in [0.5, 0.6) is 0 Å². The Kier molecular flexibility index (Phi) is 14.8. The Balaban J connectivity index is 3.28. The highest BCUT2D eigenvalue weighted by Gasteiger charge is 2.13. The van der Waals surface area contributed by atoms with Gasteiger partial charge in [0.25, 0.3) is 0 Å². The van der Waals surface area contributed by atoms with Crippen molar-refractivity contribution in [2.24, 2.45) is 0 Å². The van der Waals surface area contributed by atoms with E-state index in [-0.39, 0.29) is 0 Å². The van der Waals surface area contributed by atoms with Crippen molar-refractivity contribution in [2.45, 2.75) is 84.5 Å². The molecule has 0 aliphatic heterocycles. The van der Waals surface area contributed by atoms with Gasteiger partial charge in [0.15, 0.2) is 0 Å². The molecule has 0 aliphatic rings. The Labute approximate surface area is 134 Å². The van der Waals surface area contributed by atoms with Gasteiger partial charge in [0.05, 0.1) is 27.2 Å². The molecule has 21 heavy (non-hydrogen) atoms. The summed E-state index contributed by atoms with van der Waals surface area (Å²) in [5.41, 5.74) is 0. The van der Waals surface area contributed by atoms with Crippen LogP contribution in [0, 0.1) is 0 Å². The van der Waals surface area contributed by atoms with Crippen LogP contribution in [0.3, 0.4) is 0 Å². The van der Waals surface area contributed by atoms with Gasteiger partial charge >= 0.3 is 0 Å². The SMILES string of the molecule is CCCCCCCCCCCC[N+](C)(C)CCOCCC. The normalized spacial score (nSPS) is 12.0. The molecule has 0 rings (SSSR count). The molecular formula is C19H42NO+. The fourth-order valence-electron chi connectivity index (χ4n) is 2.70. The van der Waals surface area contributed by atoms with E-state index in [4.69, 9.17) is 4.74 Å². The standard InChI is InChI=1S/C19H42NO/c1-5-7-8-9-10-11-12-13-14-15-16-20(3,4)17-19-21-18-6-2/h5-19H2,1-4H3/q+1. The zero-order valence-electron chi connectivity index (χ0n) is 15.5. The van der Waals surface area contributed by atoms with Crippen LogP contribution < -0.4 is 0 Å². The van der Waals surface area contributed by atoms with Crippen molar-refractivity contribution in [1.82, 2.24) is 0 Å². The summed E-state index contributed by atoms with van der Waals surface area (Å²) in [5, 5.41) is 0. The Hall–Kier alpha value is -0.0800. The lowest BCUT2D eigenvalue weighted by molar-refractivity contribution is -0.891. The lowest BCUT2D eigenvalue weighted by atomic mass is 10.1. The van der Waals surface area contributed by atoms with Gasteiger partial charge in [-0.1, -0.05) is 65.2 Å². The lowest BCUT2D eigenvalue weighted by Crippen LogP contribution is -2.43. The molecule has 0 saturated heterocycles. The predicted molar refractivity (Wildman–Crippen MR) is 94.8 cm³/mol. The van der Waals surface area contributed by atoms with E-state index >= 15 is 0 Å². The Morgan fingerprint density at radius 1 is 0.571 bits per heavy atom. The van der Waals surface area contributed by atoms with Gasteiger partial charge in [-0.25, -0.2) is 0 Å². The zero-order chi connectivity index (χ0) is 15.8. The molecule has 0 amide bonds. The van der Waals surface area contributed by atoms with Crippen molar-refractivity contribution in [1.29, 1.82) is 0 Å². The summed E-state index contributed by atoms with van der Waals surface area (Å²) in [5.74, 6) is 0. The number of quaternary nitrogens is 1. The van der Waals surface area contributed by atoms with Crippen molar-refractivity contribution in [3.8, 4) is 0 Å². The molecule has 2 heteroatoms. The monoisotopic (exact) mass is 300 g/mol. The number of hydrogen-bond donors (Lipinski definition) is 0. The largest absolute Gasteiger partial charge is 0.376 e. The highest BCUT2D eigenvalue weighted by Crippen LogP contribution is 2.11. The van der Waals surface area contributed by atoms with Crippen LogP contribution in [0.1, 0.15) is 84.5 Å². The highest BCUT2D eigenvalue weighted by atomic mass is 16.5. The number of ether oxygens (including phenoxy) is 1. The van der Waals surface area contributed by atoms with Gasteiger partial charge in [-0.2, -0.15) is 0 Å². The second-order valence-corrected chi connectivity index (χ2v) is 7.18. The van der Waals surface area contributed by atoms with Crippen molar-refractivity contribution >= 4 is 0 Å². The van der Waals surface area contributed by atoms with Crippen LogP contribution in [0.4, 0.5) is 0 Å². The first kappa shape index (κ1) is 20.9. The third-order valence-corrected chi connectivity index (χ3v) is 4.31. The van der Waals surface area contributed by atoms with Crippen LogP contribution in [0.2, 0.25) is 0 Å². The summed E-state index contributed by atoms with van der Waals surface area (Å²) < 4.78 is 6.71. The molecule has 0 aromatic heterocycles. The molecule has 0 aliphatic carbocycles. The van der Waals surface area contributed by atoms with Crippen molar-refractivity contribution in [2.75, 3.05) is 40.4 Å². The van der Waals surface area contributed by atoms with E-state index in [2.05, 4.69) is 27.9 Å². The average molecular weight is 301 g/mol. The van der Waals surface area contributed by atoms with Crippen LogP contribution in [-0.4, -0.2) is 44.9 Å². The molecule has 0 radical (unpaired) electrons. The maximum absolute atomic E-state index is 5.60. The molecule has 0 bridgehead atoms. The van der Waals surface area contributed by atoms with Gasteiger partial charge in [0.1, 0.15) is 6.54 Å². The van der Waals surface area contributed by atoms with Gasteiger partial charge in [-0.15, -0.1) is 0 Å². The van der Waals surface area contributed by atoms with Crippen molar-refractivity contribution < 1.29 is 9.22 Å². The Bertz CT molecular complexity index is 204. The van der Waals surface area contributed by atoms with Crippen molar-refractivity contribution in [3.05, 3.63) is 0 Å². The summed E-state index contributed by atoms with van der Waals surface area (Å²) >= 11 is 0. The third kappa shape index (κ3) is 16.1. The third-order valence-electron chi connectivity index (χ3n) is 4.31. The maximum atomic E-state index is 5.60. The topological polar surface area (TPSA) is 9.23 Å². The molecular weight excluding hydrogens is 258 g/mol. The number of likely N-dealkylation sites (N-methyl/N-ethyl adjacent to an activating group) is 1. The number of hydrogen-bond acceptors (Lipinski definition) is 1. The number of rotatable bonds is 16. The minimum atomic E-state index is 0.915. The zero-order valence-corrected chi connectivity index (χ0v) is 15.5. The van der Waals surface area contributed by atoms with E-state index in [0.29, 0.717) is 0 Å². The van der Waals surface area contributed by atoms with Gasteiger partial charge in [0.2, 0.25) is 0 Å². The molecule has 2 nitrogen and oxygen atoms in total. The average Bonchev–Trinajstić information content (AvgIpc) is 2.45. The molecule has 0 aromatic carbocycles. The first-order chi connectivity index (χ1) is 10.1. The number of unbranched alkanes of at least 4 members (excludes halogenated alkanes) is 9. The van der Waals surface area contributed by atoms with Gasteiger partial charge in [0, 0.05) is 6.61 Å². The van der Waals surface area contributed by atoms with E-state index in [0.717, 1.165) is 30.7 Å². The molecule has 0 saturated carbocycles. The quantitative estimate of drug-likeness (QED) is 0.273. The van der Waals surface area contributed by atoms with Crippen LogP contribution in [-0.2, 0) is 4.74 Å². The summed E-state index contributed by atoms with van der Waals surface area (Å²) in [6.45, 7) is 8.74. The summed E-state index contributed by atoms with van der Waals surface area (Å²) in [6.07, 6.45) is 15.4. The molecule has 0 heterocycles. The van der Waals surface area contributed by atoms with Crippen LogP contribution in [0.25, 0.3) is 0 Å². The van der Waals surface area contributed by atoms with E-state index in [1.165, 1.54) is 70.8 Å². The minimum absolute atomic E-state index is 0.915. The second-order valence-electron chi connectivity index (χ2n) is 7.18. The summed E-state index contributed by atoms with van der Waals surface area (Å²) in [7, 11) is 4.67. The Morgan fingerprint density at radius 2 is 1.10 bits per heavy atom. The van der Waals surface area contributed by atoms with Gasteiger partial charge in [-0.3, -0.25) is 0 Å². The minimum Gasteiger partial charge on any atom is -0.376 e. The lowest BCUT2D eigenvalue weighted by Gasteiger charge is -2.29. The fourth-order valence-corrected chi connectivity index (χ4v) is 2.70. The first-order valence-electron chi connectivity index (χ1n) is 9.52. The molecule has 128 valence electrons. The summed E-state index contributed by atoms with van der Waals surface area (Å²) in [6, 6.07) is 0. The molecule has 0 atom stereocenters. The molecule has 0 spiro atoms. The fraction of sp³-hybridized carbons (Fsp3) is 1.00. The summed E-state index contributed by atoms with van der Waals surface area (Å²) in [4.78, 5) is 0. The molecule has 0 unspecified atom stereocenters. The molecule has 0 N–H and O–H groups in total. The van der Waals surface area contributed by atoms with E-state index < -0.39 is 0 Å². The molecule has 0 aromatic rings. The van der Waals surface area contributed by atoms with Crippen LogP contribution >= 0.6 is 0 Å². The second kappa shape index (κ2) is 14.8. The van der Waals surface area contributed by atoms with E-state index in [9.17, 15) is 0 Å². The highest BCUT2D eigenvalue weighted by molar-refractivity contribution is 4.47. The van der Waals surface area contributed by atoms with Crippen molar-refractivity contribution in [3.63, 3.8) is 0 Å². The maximum Gasteiger partial charge on any atom is 0.102 e. The Morgan fingerprint density at radius 3 is 1.62 bits per heavy atom. The van der Waals surface area contributed by atoms with Crippen LogP contribution in [0.15, 0.2) is 0 Å².